The number of hydrogen-bond donors (Lipinski definition) is 2. The number of amides is 2. The molecule has 1 atom stereocenters. The maximum atomic E-state index is 12.3. The first kappa shape index (κ1) is 22.3. The van der Waals surface area contributed by atoms with Crippen molar-refractivity contribution in [2.75, 3.05) is 11.9 Å². The lowest BCUT2D eigenvalue weighted by molar-refractivity contribution is -0.123. The second kappa shape index (κ2) is 11.1. The Morgan fingerprint density at radius 1 is 0.969 bits per heavy atom. The fourth-order valence-corrected chi connectivity index (χ4v) is 2.95. The minimum Gasteiger partial charge on any atom is -0.484 e. The zero-order chi connectivity index (χ0) is 22.8. The number of rotatable bonds is 8. The molecule has 0 aliphatic rings. The highest BCUT2D eigenvalue weighted by Gasteiger charge is 2.11. The number of nitriles is 1. The van der Waals surface area contributed by atoms with E-state index in [-0.39, 0.29) is 24.1 Å². The van der Waals surface area contributed by atoms with Gasteiger partial charge in [0.1, 0.15) is 17.4 Å². The number of carbonyl (C=O) groups is 2. The lowest BCUT2D eigenvalue weighted by atomic mass is 10.1. The normalized spacial score (nSPS) is 11.7. The second-order valence-corrected chi connectivity index (χ2v) is 7.05. The molecule has 6 nitrogen and oxygen atoms in total. The number of para-hydroxylation sites is 1. The molecule has 0 fully saturated rings. The first-order valence-electron chi connectivity index (χ1n) is 10.1. The first-order chi connectivity index (χ1) is 15.5. The SMILES string of the molecule is C[C@@H](NC(=O)COc1ccc(/C=C(\C#N)C(=O)Nc2ccccc2)cc1)c1ccccc1. The molecular weight excluding hydrogens is 402 g/mol. The van der Waals surface area contributed by atoms with Crippen LogP contribution in [0, 0.1) is 11.3 Å². The highest BCUT2D eigenvalue weighted by molar-refractivity contribution is 6.09. The number of carbonyl (C=O) groups excluding carboxylic acids is 2. The van der Waals surface area contributed by atoms with Gasteiger partial charge in [0.15, 0.2) is 6.61 Å². The topological polar surface area (TPSA) is 91.2 Å². The minimum absolute atomic E-state index is 0.0169. The van der Waals surface area contributed by atoms with E-state index in [0.717, 1.165) is 5.56 Å². The van der Waals surface area contributed by atoms with Gasteiger partial charge in [-0.1, -0.05) is 60.7 Å². The molecule has 6 heteroatoms. The molecule has 0 heterocycles. The van der Waals surface area contributed by atoms with Crippen LogP contribution in [-0.2, 0) is 9.59 Å². The van der Waals surface area contributed by atoms with E-state index in [1.54, 1.807) is 48.5 Å². The van der Waals surface area contributed by atoms with Crippen LogP contribution in [0.5, 0.6) is 5.75 Å². The van der Waals surface area contributed by atoms with E-state index in [0.29, 0.717) is 17.0 Å². The third-order valence-electron chi connectivity index (χ3n) is 4.63. The largest absolute Gasteiger partial charge is 0.484 e. The Balaban J connectivity index is 1.54. The molecule has 0 aromatic heterocycles. The van der Waals surface area contributed by atoms with Gasteiger partial charge in [0.25, 0.3) is 11.8 Å². The summed E-state index contributed by atoms with van der Waals surface area (Å²) in [4.78, 5) is 24.5. The van der Waals surface area contributed by atoms with Crippen molar-refractivity contribution in [3.8, 4) is 11.8 Å². The quantitative estimate of drug-likeness (QED) is 0.411. The Labute approximate surface area is 187 Å². The molecule has 3 aromatic rings. The Bertz CT molecular complexity index is 1120. The van der Waals surface area contributed by atoms with Crippen molar-refractivity contribution in [3.05, 3.63) is 102 Å². The predicted molar refractivity (Wildman–Crippen MR) is 124 cm³/mol. The zero-order valence-corrected chi connectivity index (χ0v) is 17.6. The Kier molecular flexibility index (Phi) is 7.77. The van der Waals surface area contributed by atoms with Crippen LogP contribution in [0.4, 0.5) is 5.69 Å². The third kappa shape index (κ3) is 6.57. The van der Waals surface area contributed by atoms with Gasteiger partial charge in [-0.3, -0.25) is 9.59 Å². The second-order valence-electron chi connectivity index (χ2n) is 7.05. The molecule has 0 bridgehead atoms. The highest BCUT2D eigenvalue weighted by Crippen LogP contribution is 2.16. The number of ether oxygens (including phenoxy) is 1. The molecule has 3 aromatic carbocycles. The number of hydrogen-bond acceptors (Lipinski definition) is 4. The molecule has 0 unspecified atom stereocenters. The van der Waals surface area contributed by atoms with Gasteiger partial charge in [0.2, 0.25) is 0 Å². The van der Waals surface area contributed by atoms with Crippen molar-refractivity contribution in [1.29, 1.82) is 5.26 Å². The maximum absolute atomic E-state index is 12.3. The molecular formula is C26H23N3O3. The summed E-state index contributed by atoms with van der Waals surface area (Å²) < 4.78 is 5.54. The highest BCUT2D eigenvalue weighted by atomic mass is 16.5. The average Bonchev–Trinajstić information content (AvgIpc) is 2.83. The van der Waals surface area contributed by atoms with Crippen LogP contribution in [0.25, 0.3) is 6.08 Å². The number of anilines is 1. The smallest absolute Gasteiger partial charge is 0.266 e. The van der Waals surface area contributed by atoms with E-state index >= 15 is 0 Å². The van der Waals surface area contributed by atoms with Crippen molar-refractivity contribution in [2.24, 2.45) is 0 Å². The Morgan fingerprint density at radius 2 is 1.59 bits per heavy atom. The predicted octanol–water partition coefficient (Wildman–Crippen LogP) is 4.49. The molecule has 2 N–H and O–H groups in total. The summed E-state index contributed by atoms with van der Waals surface area (Å²) in [5, 5.41) is 14.9. The van der Waals surface area contributed by atoms with E-state index in [2.05, 4.69) is 10.6 Å². The van der Waals surface area contributed by atoms with Crippen LogP contribution >= 0.6 is 0 Å². The van der Waals surface area contributed by atoms with E-state index < -0.39 is 5.91 Å². The van der Waals surface area contributed by atoms with Gasteiger partial charge >= 0.3 is 0 Å². The summed E-state index contributed by atoms with van der Waals surface area (Å²) >= 11 is 0. The summed E-state index contributed by atoms with van der Waals surface area (Å²) in [6.45, 7) is 1.80. The minimum atomic E-state index is -0.483. The molecule has 2 amide bonds. The van der Waals surface area contributed by atoms with Crippen LogP contribution in [0.2, 0.25) is 0 Å². The van der Waals surface area contributed by atoms with Gasteiger partial charge in [0, 0.05) is 5.69 Å². The summed E-state index contributed by atoms with van der Waals surface area (Å²) in [7, 11) is 0. The Hall–Kier alpha value is -4.37. The van der Waals surface area contributed by atoms with Crippen molar-refractivity contribution >= 4 is 23.6 Å². The third-order valence-corrected chi connectivity index (χ3v) is 4.63. The molecule has 0 spiro atoms. The zero-order valence-electron chi connectivity index (χ0n) is 17.6. The fraction of sp³-hybridized carbons (Fsp3) is 0.115. The van der Waals surface area contributed by atoms with E-state index in [4.69, 9.17) is 4.74 Å². The summed E-state index contributed by atoms with van der Waals surface area (Å²) in [5.41, 5.74) is 2.28. The number of nitrogens with zero attached hydrogens (tertiary/aromatic N) is 1. The lowest BCUT2D eigenvalue weighted by Crippen LogP contribution is -2.31. The summed E-state index contributed by atoms with van der Waals surface area (Å²) in [6, 6.07) is 27.2. The number of nitrogens with one attached hydrogen (secondary N) is 2. The summed E-state index contributed by atoms with van der Waals surface area (Å²) in [5.74, 6) is -0.199. The lowest BCUT2D eigenvalue weighted by Gasteiger charge is -2.14. The van der Waals surface area contributed by atoms with E-state index in [1.165, 1.54) is 6.08 Å². The van der Waals surface area contributed by atoms with Crippen LogP contribution in [-0.4, -0.2) is 18.4 Å². The molecule has 0 radical (unpaired) electrons. The van der Waals surface area contributed by atoms with Crippen molar-refractivity contribution < 1.29 is 14.3 Å². The van der Waals surface area contributed by atoms with Crippen LogP contribution in [0.1, 0.15) is 24.1 Å². The molecule has 0 saturated heterocycles. The van der Waals surface area contributed by atoms with Gasteiger partial charge in [-0.05, 0) is 48.4 Å². The van der Waals surface area contributed by atoms with Gasteiger partial charge < -0.3 is 15.4 Å². The van der Waals surface area contributed by atoms with Crippen molar-refractivity contribution in [2.45, 2.75) is 13.0 Å². The van der Waals surface area contributed by atoms with E-state index in [1.807, 2.05) is 49.4 Å². The van der Waals surface area contributed by atoms with Gasteiger partial charge in [-0.2, -0.15) is 5.26 Å². The molecule has 32 heavy (non-hydrogen) atoms. The standard InChI is InChI=1S/C26H23N3O3/c1-19(21-8-4-2-5-9-21)28-25(30)18-32-24-14-12-20(13-15-24)16-22(17-27)26(31)29-23-10-6-3-7-11-23/h2-16,19H,18H2,1H3,(H,28,30)(H,29,31)/b22-16+/t19-/m1/s1. The van der Waals surface area contributed by atoms with Crippen LogP contribution in [0.3, 0.4) is 0 Å². The molecule has 0 saturated carbocycles. The Morgan fingerprint density at radius 3 is 2.22 bits per heavy atom. The van der Waals surface area contributed by atoms with Gasteiger partial charge in [-0.25, -0.2) is 0 Å². The molecule has 3 rings (SSSR count). The van der Waals surface area contributed by atoms with Crippen molar-refractivity contribution in [3.63, 3.8) is 0 Å². The van der Waals surface area contributed by atoms with Crippen LogP contribution in [0.15, 0.2) is 90.5 Å². The monoisotopic (exact) mass is 425 g/mol. The number of benzene rings is 3. The van der Waals surface area contributed by atoms with Gasteiger partial charge in [-0.15, -0.1) is 0 Å². The van der Waals surface area contributed by atoms with Gasteiger partial charge in [0.05, 0.1) is 6.04 Å². The first-order valence-corrected chi connectivity index (χ1v) is 10.1. The maximum Gasteiger partial charge on any atom is 0.266 e. The molecule has 0 aliphatic carbocycles. The van der Waals surface area contributed by atoms with E-state index in [9.17, 15) is 14.9 Å². The fourth-order valence-electron chi connectivity index (χ4n) is 2.95. The molecule has 0 aliphatic heterocycles. The summed E-state index contributed by atoms with van der Waals surface area (Å²) in [6.07, 6.45) is 1.50. The average molecular weight is 425 g/mol. The van der Waals surface area contributed by atoms with Crippen molar-refractivity contribution in [1.82, 2.24) is 5.32 Å². The van der Waals surface area contributed by atoms with Crippen LogP contribution < -0.4 is 15.4 Å². The molecule has 160 valence electrons.